The molecule has 0 amide bonds. The standard InChI is InChI=1S/C16H20N4OS/c1-5-20(9-15-17-4-8-22-15)6-2-14-13(1)16(19-11-18-14)12-3-7-21-10-12/h4,8,11-12H,1-3,5-7,9-10H2/t12-/m1/s1. The van der Waals surface area contributed by atoms with Gasteiger partial charge < -0.3 is 4.74 Å². The van der Waals surface area contributed by atoms with E-state index < -0.39 is 0 Å². The highest BCUT2D eigenvalue weighted by Crippen LogP contribution is 2.29. The first-order valence-electron chi connectivity index (χ1n) is 7.91. The van der Waals surface area contributed by atoms with Crippen LogP contribution in [-0.2, 0) is 24.1 Å². The Morgan fingerprint density at radius 2 is 2.18 bits per heavy atom. The van der Waals surface area contributed by atoms with Gasteiger partial charge in [0.15, 0.2) is 0 Å². The van der Waals surface area contributed by atoms with Gasteiger partial charge in [0, 0.05) is 49.3 Å². The molecule has 6 heteroatoms. The van der Waals surface area contributed by atoms with Gasteiger partial charge in [0.05, 0.1) is 18.8 Å². The summed E-state index contributed by atoms with van der Waals surface area (Å²) >= 11 is 1.73. The molecule has 5 nitrogen and oxygen atoms in total. The summed E-state index contributed by atoms with van der Waals surface area (Å²) in [4.78, 5) is 16.0. The van der Waals surface area contributed by atoms with Crippen LogP contribution in [-0.4, -0.2) is 46.2 Å². The third kappa shape index (κ3) is 2.91. The fraction of sp³-hybridized carbons (Fsp3) is 0.562. The number of fused-ring (bicyclic) bond motifs is 1. The highest BCUT2D eigenvalue weighted by atomic mass is 32.1. The predicted octanol–water partition coefficient (Wildman–Crippen LogP) is 2.04. The summed E-state index contributed by atoms with van der Waals surface area (Å²) in [5.41, 5.74) is 3.84. The number of hydrogen-bond acceptors (Lipinski definition) is 6. The number of thiazole rings is 1. The maximum atomic E-state index is 5.55. The Kier molecular flexibility index (Phi) is 4.14. The molecular weight excluding hydrogens is 296 g/mol. The fourth-order valence-electron chi connectivity index (χ4n) is 3.38. The molecule has 0 spiro atoms. The Morgan fingerprint density at radius 1 is 1.23 bits per heavy atom. The van der Waals surface area contributed by atoms with Gasteiger partial charge in [-0.1, -0.05) is 0 Å². The molecule has 1 saturated heterocycles. The zero-order chi connectivity index (χ0) is 14.8. The highest BCUT2D eigenvalue weighted by molar-refractivity contribution is 7.09. The van der Waals surface area contributed by atoms with E-state index in [0.717, 1.165) is 52.1 Å². The van der Waals surface area contributed by atoms with Crippen LogP contribution in [0.5, 0.6) is 0 Å². The lowest BCUT2D eigenvalue weighted by Crippen LogP contribution is -2.25. The molecule has 0 saturated carbocycles. The quantitative estimate of drug-likeness (QED) is 0.867. The van der Waals surface area contributed by atoms with Gasteiger partial charge in [-0.2, -0.15) is 0 Å². The van der Waals surface area contributed by atoms with E-state index in [2.05, 4.69) is 19.9 Å². The lowest BCUT2D eigenvalue weighted by Gasteiger charge is -2.18. The molecule has 116 valence electrons. The van der Waals surface area contributed by atoms with Crippen molar-refractivity contribution in [2.75, 3.05) is 26.3 Å². The van der Waals surface area contributed by atoms with Gasteiger partial charge in [-0.3, -0.25) is 4.90 Å². The van der Waals surface area contributed by atoms with Crippen molar-refractivity contribution < 1.29 is 4.74 Å². The molecule has 4 heterocycles. The van der Waals surface area contributed by atoms with Crippen molar-refractivity contribution in [3.05, 3.63) is 39.9 Å². The van der Waals surface area contributed by atoms with Crippen LogP contribution in [0.3, 0.4) is 0 Å². The zero-order valence-electron chi connectivity index (χ0n) is 12.6. The average molecular weight is 316 g/mol. The fourth-order valence-corrected chi connectivity index (χ4v) is 4.04. The van der Waals surface area contributed by atoms with Crippen molar-refractivity contribution in [2.24, 2.45) is 0 Å². The lowest BCUT2D eigenvalue weighted by atomic mass is 9.96. The first kappa shape index (κ1) is 14.2. The van der Waals surface area contributed by atoms with Crippen LogP contribution in [0.2, 0.25) is 0 Å². The minimum absolute atomic E-state index is 0.460. The van der Waals surface area contributed by atoms with Crippen molar-refractivity contribution >= 4 is 11.3 Å². The van der Waals surface area contributed by atoms with Crippen LogP contribution < -0.4 is 0 Å². The lowest BCUT2D eigenvalue weighted by molar-refractivity contribution is 0.193. The molecule has 1 fully saturated rings. The minimum Gasteiger partial charge on any atom is -0.381 e. The van der Waals surface area contributed by atoms with Gasteiger partial charge in [0.25, 0.3) is 0 Å². The molecule has 4 rings (SSSR count). The van der Waals surface area contributed by atoms with Crippen LogP contribution in [0, 0.1) is 0 Å². The first-order chi connectivity index (χ1) is 10.9. The summed E-state index contributed by atoms with van der Waals surface area (Å²) < 4.78 is 5.55. The summed E-state index contributed by atoms with van der Waals surface area (Å²) in [5, 5.41) is 3.24. The molecule has 0 unspecified atom stereocenters. The van der Waals surface area contributed by atoms with Gasteiger partial charge in [-0.15, -0.1) is 11.3 Å². The van der Waals surface area contributed by atoms with Crippen molar-refractivity contribution in [3.8, 4) is 0 Å². The van der Waals surface area contributed by atoms with E-state index in [-0.39, 0.29) is 0 Å². The maximum Gasteiger partial charge on any atom is 0.115 e. The Hall–Kier alpha value is -1.37. The van der Waals surface area contributed by atoms with Gasteiger partial charge in [-0.25, -0.2) is 15.0 Å². The summed E-state index contributed by atoms with van der Waals surface area (Å²) in [6, 6.07) is 0. The SMILES string of the molecule is c1csc(CN2CCc3ncnc([C@@H]4CCOC4)c3CC2)n1. The van der Waals surface area contributed by atoms with Crippen LogP contribution in [0.25, 0.3) is 0 Å². The Balaban J connectivity index is 1.52. The third-order valence-electron chi connectivity index (χ3n) is 4.57. The van der Waals surface area contributed by atoms with E-state index >= 15 is 0 Å². The highest BCUT2D eigenvalue weighted by Gasteiger charge is 2.26. The normalized spacial score (nSPS) is 22.5. The van der Waals surface area contributed by atoms with Gasteiger partial charge in [-0.05, 0) is 18.4 Å². The third-order valence-corrected chi connectivity index (χ3v) is 5.33. The second kappa shape index (κ2) is 6.40. The molecule has 0 bridgehead atoms. The van der Waals surface area contributed by atoms with Gasteiger partial charge in [0.2, 0.25) is 0 Å². The van der Waals surface area contributed by atoms with E-state index in [1.807, 2.05) is 11.6 Å². The molecule has 2 aromatic rings. The van der Waals surface area contributed by atoms with E-state index in [0.29, 0.717) is 5.92 Å². The number of nitrogens with zero attached hydrogens (tertiary/aromatic N) is 4. The molecular formula is C16H20N4OS. The topological polar surface area (TPSA) is 51.1 Å². The van der Waals surface area contributed by atoms with E-state index in [9.17, 15) is 0 Å². The summed E-state index contributed by atoms with van der Waals surface area (Å²) in [6.45, 7) is 4.72. The van der Waals surface area contributed by atoms with Gasteiger partial charge >= 0.3 is 0 Å². The van der Waals surface area contributed by atoms with E-state index in [4.69, 9.17) is 4.74 Å². The number of hydrogen-bond donors (Lipinski definition) is 0. The van der Waals surface area contributed by atoms with Crippen LogP contribution in [0.15, 0.2) is 17.9 Å². The Morgan fingerprint density at radius 3 is 3.00 bits per heavy atom. The smallest absolute Gasteiger partial charge is 0.115 e. The van der Waals surface area contributed by atoms with Crippen molar-refractivity contribution in [2.45, 2.75) is 31.7 Å². The number of ether oxygens (including phenoxy) is 1. The molecule has 0 radical (unpaired) electrons. The molecule has 1 atom stereocenters. The Labute approximate surface area is 134 Å². The van der Waals surface area contributed by atoms with Crippen LogP contribution in [0.1, 0.15) is 34.3 Å². The minimum atomic E-state index is 0.460. The molecule has 2 aliphatic rings. The van der Waals surface area contributed by atoms with E-state index in [1.54, 1.807) is 17.7 Å². The second-order valence-corrected chi connectivity index (χ2v) is 6.93. The molecule has 2 aromatic heterocycles. The van der Waals surface area contributed by atoms with Crippen molar-refractivity contribution in [1.82, 2.24) is 19.9 Å². The molecule has 0 N–H and O–H groups in total. The predicted molar refractivity (Wildman–Crippen MR) is 85.0 cm³/mol. The van der Waals surface area contributed by atoms with Crippen LogP contribution >= 0.6 is 11.3 Å². The molecule has 22 heavy (non-hydrogen) atoms. The Bertz CT molecular complexity index is 625. The van der Waals surface area contributed by atoms with Crippen LogP contribution in [0.4, 0.5) is 0 Å². The maximum absolute atomic E-state index is 5.55. The van der Waals surface area contributed by atoms with Gasteiger partial charge in [0.1, 0.15) is 11.3 Å². The zero-order valence-corrected chi connectivity index (χ0v) is 13.4. The number of aromatic nitrogens is 3. The molecule has 0 aliphatic carbocycles. The van der Waals surface area contributed by atoms with Crippen molar-refractivity contribution in [1.29, 1.82) is 0 Å². The largest absolute Gasteiger partial charge is 0.381 e. The number of rotatable bonds is 3. The molecule has 2 aliphatic heterocycles. The summed E-state index contributed by atoms with van der Waals surface area (Å²) in [7, 11) is 0. The van der Waals surface area contributed by atoms with Crippen molar-refractivity contribution in [3.63, 3.8) is 0 Å². The average Bonchev–Trinajstić information content (AvgIpc) is 3.20. The first-order valence-corrected chi connectivity index (χ1v) is 8.79. The summed E-state index contributed by atoms with van der Waals surface area (Å²) in [6.07, 6.45) is 6.75. The molecule has 0 aromatic carbocycles. The summed E-state index contributed by atoms with van der Waals surface area (Å²) in [5.74, 6) is 0.460. The van der Waals surface area contributed by atoms with E-state index in [1.165, 1.54) is 22.0 Å². The second-order valence-electron chi connectivity index (χ2n) is 5.95. The monoisotopic (exact) mass is 316 g/mol.